The van der Waals surface area contributed by atoms with Gasteiger partial charge in [-0.3, -0.25) is 0 Å². The molecule has 0 aliphatic carbocycles. The quantitative estimate of drug-likeness (QED) is 0.278. The molecule has 0 aliphatic rings. The van der Waals surface area contributed by atoms with Crippen LogP contribution in [0.1, 0.15) is 0 Å². The van der Waals surface area contributed by atoms with Crippen LogP contribution in [0.15, 0.2) is 0 Å². The second kappa shape index (κ2) is 8.67. The number of hydrogen-bond acceptors (Lipinski definition) is 6. The van der Waals surface area contributed by atoms with E-state index in [1.54, 1.807) is 7.05 Å². The molecule has 82 valence electrons. The van der Waals surface area contributed by atoms with Gasteiger partial charge >= 0.3 is 0 Å². The Balaban J connectivity index is 0. The number of likely N-dealkylation sites (N-methyl/N-ethyl adjacent to an activating group) is 1. The third kappa shape index (κ3) is 5.31. The maximum Gasteiger partial charge on any atom is 0.111 e. The van der Waals surface area contributed by atoms with Crippen molar-refractivity contribution in [3.8, 4) is 0 Å². The number of hydrogen-bond donors (Lipinski definition) is 6. The van der Waals surface area contributed by atoms with Gasteiger partial charge in [0.2, 0.25) is 0 Å². The summed E-state index contributed by atoms with van der Waals surface area (Å²) in [4.78, 5) is 0. The molecule has 0 amide bonds. The standard InChI is InChI=1S/C7H17NO5.Zn/c1-8-2-4(10)6(12)7(13)5(11)3-9;/h4-13H,2-3H2,1H3;/t4-,5+,6+,7+;/m0./s1. The molecule has 0 unspecified atom stereocenters. The zero-order valence-corrected chi connectivity index (χ0v) is 11.1. The van der Waals surface area contributed by atoms with E-state index in [0.717, 1.165) is 0 Å². The number of rotatable bonds is 6. The van der Waals surface area contributed by atoms with Gasteiger partial charge in [0.15, 0.2) is 0 Å². The molecular weight excluding hydrogens is 243 g/mol. The smallest absolute Gasteiger partial charge is 0.111 e. The maximum absolute atomic E-state index is 9.21. The van der Waals surface area contributed by atoms with Crippen molar-refractivity contribution in [3.05, 3.63) is 0 Å². The van der Waals surface area contributed by atoms with E-state index in [0.29, 0.717) is 0 Å². The normalized spacial score (nSPS) is 19.3. The zero-order valence-electron chi connectivity index (χ0n) is 8.17. The van der Waals surface area contributed by atoms with E-state index in [4.69, 9.17) is 20.4 Å². The third-order valence-electron chi connectivity index (χ3n) is 1.74. The average Bonchev–Trinajstić information content (AvgIpc) is 2.14. The van der Waals surface area contributed by atoms with Crippen molar-refractivity contribution in [2.45, 2.75) is 24.4 Å². The Morgan fingerprint density at radius 3 is 1.79 bits per heavy atom. The summed E-state index contributed by atoms with van der Waals surface area (Å²) in [6.45, 7) is -0.569. The SMILES string of the molecule is CNC[C@H](O)[C@@H](O)[C@H](O)[C@H](O)CO.[Zn]. The summed E-state index contributed by atoms with van der Waals surface area (Å²) < 4.78 is 0. The molecule has 0 aliphatic heterocycles. The second-order valence-electron chi connectivity index (χ2n) is 2.86. The number of aliphatic hydroxyl groups excluding tert-OH is 5. The van der Waals surface area contributed by atoms with Gasteiger partial charge in [0.05, 0.1) is 12.7 Å². The second-order valence-corrected chi connectivity index (χ2v) is 2.86. The van der Waals surface area contributed by atoms with Crippen molar-refractivity contribution in [1.82, 2.24) is 5.32 Å². The van der Waals surface area contributed by atoms with Gasteiger partial charge in [-0.25, -0.2) is 0 Å². The van der Waals surface area contributed by atoms with Crippen molar-refractivity contribution < 1.29 is 45.0 Å². The average molecular weight is 261 g/mol. The summed E-state index contributed by atoms with van der Waals surface area (Å²) in [5.41, 5.74) is 0. The number of aliphatic hydroxyl groups is 5. The van der Waals surface area contributed by atoms with Gasteiger partial charge in [0.1, 0.15) is 18.3 Å². The molecule has 0 radical (unpaired) electrons. The molecule has 6 nitrogen and oxygen atoms in total. The van der Waals surface area contributed by atoms with Crippen molar-refractivity contribution in [2.24, 2.45) is 0 Å². The topological polar surface area (TPSA) is 113 Å². The summed E-state index contributed by atoms with van der Waals surface area (Å²) in [5.74, 6) is 0. The van der Waals surface area contributed by atoms with Crippen LogP contribution in [0, 0.1) is 0 Å². The van der Waals surface area contributed by atoms with Crippen LogP contribution in [0.5, 0.6) is 0 Å². The van der Waals surface area contributed by atoms with Crippen LogP contribution in [0.4, 0.5) is 0 Å². The summed E-state index contributed by atoms with van der Waals surface area (Å²) in [6, 6.07) is 0. The maximum atomic E-state index is 9.21. The predicted molar refractivity (Wildman–Crippen MR) is 45.0 cm³/mol. The molecule has 0 saturated heterocycles. The predicted octanol–water partition coefficient (Wildman–Crippen LogP) is -3.36. The third-order valence-corrected chi connectivity index (χ3v) is 1.74. The minimum absolute atomic E-state index is 0. The first-order valence-electron chi connectivity index (χ1n) is 4.02. The molecule has 0 bridgehead atoms. The molecular formula is C7H17NO5Zn. The molecule has 0 saturated carbocycles. The van der Waals surface area contributed by atoms with Gasteiger partial charge in [0, 0.05) is 26.0 Å². The fraction of sp³-hybridized carbons (Fsp3) is 1.00. The Bertz CT molecular complexity index is 139. The van der Waals surface area contributed by atoms with E-state index >= 15 is 0 Å². The van der Waals surface area contributed by atoms with Crippen molar-refractivity contribution in [2.75, 3.05) is 20.2 Å². The first-order valence-corrected chi connectivity index (χ1v) is 4.02. The van der Waals surface area contributed by atoms with Gasteiger partial charge < -0.3 is 30.8 Å². The fourth-order valence-electron chi connectivity index (χ4n) is 0.893. The zero-order chi connectivity index (χ0) is 10.4. The Morgan fingerprint density at radius 1 is 1.00 bits per heavy atom. The van der Waals surface area contributed by atoms with Crippen LogP contribution in [-0.2, 0) is 19.5 Å². The van der Waals surface area contributed by atoms with Gasteiger partial charge in [-0.1, -0.05) is 0 Å². The van der Waals surface area contributed by atoms with Gasteiger partial charge in [-0.2, -0.15) is 0 Å². The first-order chi connectivity index (χ1) is 6.04. The molecule has 4 atom stereocenters. The Morgan fingerprint density at radius 2 is 1.43 bits per heavy atom. The number of nitrogens with one attached hydrogen (secondary N) is 1. The van der Waals surface area contributed by atoms with E-state index in [1.807, 2.05) is 0 Å². The Hall–Kier alpha value is 0.383. The van der Waals surface area contributed by atoms with Crippen LogP contribution in [0.25, 0.3) is 0 Å². The first kappa shape index (κ1) is 16.8. The van der Waals surface area contributed by atoms with Gasteiger partial charge in [-0.15, -0.1) is 0 Å². The van der Waals surface area contributed by atoms with E-state index in [-0.39, 0.29) is 26.0 Å². The van der Waals surface area contributed by atoms with Crippen LogP contribution in [-0.4, -0.2) is 70.1 Å². The Labute approximate surface area is 95.3 Å². The van der Waals surface area contributed by atoms with Crippen LogP contribution in [0.2, 0.25) is 0 Å². The molecule has 0 heterocycles. The largest absolute Gasteiger partial charge is 0.394 e. The molecule has 6 N–H and O–H groups in total. The monoisotopic (exact) mass is 259 g/mol. The van der Waals surface area contributed by atoms with Gasteiger partial charge in [-0.05, 0) is 7.05 Å². The summed E-state index contributed by atoms with van der Waals surface area (Å²) in [6.07, 6.45) is -5.65. The molecule has 0 aromatic carbocycles. The fourth-order valence-corrected chi connectivity index (χ4v) is 0.893. The van der Waals surface area contributed by atoms with Crippen molar-refractivity contribution in [3.63, 3.8) is 0 Å². The Kier molecular flexibility index (Phi) is 10.4. The minimum atomic E-state index is -1.55. The van der Waals surface area contributed by atoms with E-state index in [2.05, 4.69) is 5.32 Å². The molecule has 0 rings (SSSR count). The van der Waals surface area contributed by atoms with E-state index in [1.165, 1.54) is 0 Å². The van der Waals surface area contributed by atoms with E-state index in [9.17, 15) is 5.11 Å². The van der Waals surface area contributed by atoms with Crippen LogP contribution in [0.3, 0.4) is 0 Å². The van der Waals surface area contributed by atoms with Crippen LogP contribution < -0.4 is 5.32 Å². The van der Waals surface area contributed by atoms with Crippen molar-refractivity contribution in [1.29, 1.82) is 0 Å². The van der Waals surface area contributed by atoms with Gasteiger partial charge in [0.25, 0.3) is 0 Å². The molecule has 0 fully saturated rings. The van der Waals surface area contributed by atoms with Crippen molar-refractivity contribution >= 4 is 0 Å². The minimum Gasteiger partial charge on any atom is -0.394 e. The summed E-state index contributed by atoms with van der Waals surface area (Å²) in [5, 5.41) is 47.5. The summed E-state index contributed by atoms with van der Waals surface area (Å²) in [7, 11) is 1.57. The van der Waals surface area contributed by atoms with E-state index < -0.39 is 31.0 Å². The molecule has 7 heteroatoms. The molecule has 14 heavy (non-hydrogen) atoms. The summed E-state index contributed by atoms with van der Waals surface area (Å²) >= 11 is 0. The molecule has 0 spiro atoms. The van der Waals surface area contributed by atoms with Crippen LogP contribution >= 0.6 is 0 Å². The molecule has 0 aromatic heterocycles. The molecule has 0 aromatic rings.